The third-order valence-corrected chi connectivity index (χ3v) is 5.13. The van der Waals surface area contributed by atoms with Gasteiger partial charge in [-0.05, 0) is 56.4 Å². The van der Waals surface area contributed by atoms with Crippen molar-refractivity contribution in [2.45, 2.75) is 44.6 Å². The number of hydrogen-bond acceptors (Lipinski definition) is 2. The molecule has 1 saturated heterocycles. The standard InChI is InChI=1S/C14H24N2O/c1-16(14(17)13-3-2-6-15-13)9-12-8-10-4-5-11(12)7-10/h10-13,15H,2-9H2,1H3. The number of nitrogens with one attached hydrogen (secondary N) is 1. The number of carbonyl (C=O) groups is 1. The van der Waals surface area contributed by atoms with Crippen molar-refractivity contribution in [2.75, 3.05) is 20.1 Å². The predicted octanol–water partition coefficient (Wildman–Crippen LogP) is 1.63. The number of carbonyl (C=O) groups excluding carboxylic acids is 1. The molecule has 0 aromatic rings. The lowest BCUT2D eigenvalue weighted by Gasteiger charge is -2.28. The van der Waals surface area contributed by atoms with Crippen LogP contribution >= 0.6 is 0 Å². The molecule has 0 radical (unpaired) electrons. The molecule has 3 heteroatoms. The zero-order valence-electron chi connectivity index (χ0n) is 10.8. The molecule has 4 unspecified atom stereocenters. The number of hydrogen-bond donors (Lipinski definition) is 1. The molecule has 4 atom stereocenters. The van der Waals surface area contributed by atoms with E-state index in [4.69, 9.17) is 0 Å². The second-order valence-electron chi connectivity index (χ2n) is 6.30. The topological polar surface area (TPSA) is 32.3 Å². The van der Waals surface area contributed by atoms with Crippen molar-refractivity contribution in [3.05, 3.63) is 0 Å². The van der Waals surface area contributed by atoms with Gasteiger partial charge in [0.1, 0.15) is 0 Å². The zero-order chi connectivity index (χ0) is 11.8. The Morgan fingerprint density at radius 2 is 2.18 bits per heavy atom. The normalized spacial score (nSPS) is 39.8. The summed E-state index contributed by atoms with van der Waals surface area (Å²) in [5.74, 6) is 3.03. The molecule has 0 aromatic carbocycles. The monoisotopic (exact) mass is 236 g/mol. The summed E-state index contributed by atoms with van der Waals surface area (Å²) >= 11 is 0. The SMILES string of the molecule is CN(CC1CC2CCC1C2)C(=O)C1CCCN1. The predicted molar refractivity (Wildman–Crippen MR) is 67.6 cm³/mol. The molecule has 2 aliphatic carbocycles. The van der Waals surface area contributed by atoms with Crippen molar-refractivity contribution in [2.24, 2.45) is 17.8 Å². The van der Waals surface area contributed by atoms with Gasteiger partial charge >= 0.3 is 0 Å². The highest BCUT2D eigenvalue weighted by atomic mass is 16.2. The fourth-order valence-corrected chi connectivity index (χ4v) is 4.20. The summed E-state index contributed by atoms with van der Waals surface area (Å²) in [6, 6.07) is 0.110. The summed E-state index contributed by atoms with van der Waals surface area (Å²) in [7, 11) is 1.99. The Morgan fingerprint density at radius 3 is 2.76 bits per heavy atom. The fraction of sp³-hybridized carbons (Fsp3) is 0.929. The zero-order valence-corrected chi connectivity index (χ0v) is 10.8. The van der Waals surface area contributed by atoms with Crippen LogP contribution in [0, 0.1) is 17.8 Å². The summed E-state index contributed by atoms with van der Waals surface area (Å²) in [6.07, 6.45) is 7.86. The Hall–Kier alpha value is -0.570. The van der Waals surface area contributed by atoms with Crippen LogP contribution in [-0.2, 0) is 4.79 Å². The number of likely N-dealkylation sites (N-methyl/N-ethyl adjacent to an activating group) is 1. The number of fused-ring (bicyclic) bond motifs is 2. The van der Waals surface area contributed by atoms with Crippen LogP contribution in [-0.4, -0.2) is 37.0 Å². The van der Waals surface area contributed by atoms with E-state index >= 15 is 0 Å². The Morgan fingerprint density at radius 1 is 1.29 bits per heavy atom. The van der Waals surface area contributed by atoms with Gasteiger partial charge in [-0.25, -0.2) is 0 Å². The van der Waals surface area contributed by atoms with Crippen molar-refractivity contribution in [3.63, 3.8) is 0 Å². The highest BCUT2D eigenvalue weighted by Gasteiger charge is 2.40. The Bertz CT molecular complexity index is 299. The molecule has 1 aliphatic heterocycles. The van der Waals surface area contributed by atoms with Crippen molar-refractivity contribution in [3.8, 4) is 0 Å². The smallest absolute Gasteiger partial charge is 0.239 e. The Kier molecular flexibility index (Phi) is 3.12. The molecule has 96 valence electrons. The van der Waals surface area contributed by atoms with Gasteiger partial charge in [-0.2, -0.15) is 0 Å². The van der Waals surface area contributed by atoms with E-state index in [0.29, 0.717) is 5.91 Å². The van der Waals surface area contributed by atoms with Gasteiger partial charge in [0.2, 0.25) is 5.91 Å². The summed E-state index contributed by atoms with van der Waals surface area (Å²) in [4.78, 5) is 14.2. The van der Waals surface area contributed by atoms with E-state index in [-0.39, 0.29) is 6.04 Å². The van der Waals surface area contributed by atoms with E-state index in [1.54, 1.807) is 0 Å². The third-order valence-electron chi connectivity index (χ3n) is 5.13. The highest BCUT2D eigenvalue weighted by Crippen LogP contribution is 2.48. The lowest BCUT2D eigenvalue weighted by atomic mass is 9.88. The molecule has 3 aliphatic rings. The molecule has 1 N–H and O–H groups in total. The molecule has 3 rings (SSSR count). The summed E-state index contributed by atoms with van der Waals surface area (Å²) < 4.78 is 0. The van der Waals surface area contributed by atoms with Crippen molar-refractivity contribution >= 4 is 5.91 Å². The molecular weight excluding hydrogens is 212 g/mol. The second kappa shape index (κ2) is 4.60. The van der Waals surface area contributed by atoms with E-state index in [1.165, 1.54) is 25.7 Å². The van der Waals surface area contributed by atoms with Crippen LogP contribution in [0.4, 0.5) is 0 Å². The van der Waals surface area contributed by atoms with Gasteiger partial charge in [-0.15, -0.1) is 0 Å². The first kappa shape index (κ1) is 11.5. The largest absolute Gasteiger partial charge is 0.344 e. The summed E-state index contributed by atoms with van der Waals surface area (Å²) in [5, 5.41) is 3.30. The lowest BCUT2D eigenvalue weighted by Crippen LogP contribution is -2.44. The van der Waals surface area contributed by atoms with Crippen molar-refractivity contribution < 1.29 is 4.79 Å². The summed E-state index contributed by atoms with van der Waals surface area (Å²) in [6.45, 7) is 2.01. The van der Waals surface area contributed by atoms with Crippen LogP contribution < -0.4 is 5.32 Å². The lowest BCUT2D eigenvalue weighted by molar-refractivity contribution is -0.132. The van der Waals surface area contributed by atoms with Gasteiger partial charge in [0.05, 0.1) is 6.04 Å². The van der Waals surface area contributed by atoms with Crippen LogP contribution in [0.5, 0.6) is 0 Å². The molecule has 1 heterocycles. The van der Waals surface area contributed by atoms with Crippen LogP contribution in [0.2, 0.25) is 0 Å². The molecule has 0 spiro atoms. The maximum absolute atomic E-state index is 12.2. The molecule has 3 fully saturated rings. The maximum Gasteiger partial charge on any atom is 0.239 e. The Balaban J connectivity index is 1.52. The maximum atomic E-state index is 12.2. The van der Waals surface area contributed by atoms with Crippen LogP contribution in [0.3, 0.4) is 0 Å². The van der Waals surface area contributed by atoms with Crippen LogP contribution in [0.1, 0.15) is 38.5 Å². The first-order valence-corrected chi connectivity index (χ1v) is 7.22. The number of amides is 1. The second-order valence-corrected chi connectivity index (χ2v) is 6.30. The van der Waals surface area contributed by atoms with Crippen molar-refractivity contribution in [1.29, 1.82) is 0 Å². The first-order valence-electron chi connectivity index (χ1n) is 7.22. The molecular formula is C14H24N2O. The highest BCUT2D eigenvalue weighted by molar-refractivity contribution is 5.81. The fourth-order valence-electron chi connectivity index (χ4n) is 4.20. The van der Waals surface area contributed by atoms with Crippen LogP contribution in [0.25, 0.3) is 0 Å². The van der Waals surface area contributed by atoms with Gasteiger partial charge in [-0.1, -0.05) is 6.42 Å². The molecule has 2 saturated carbocycles. The minimum Gasteiger partial charge on any atom is -0.344 e. The molecule has 17 heavy (non-hydrogen) atoms. The van der Waals surface area contributed by atoms with Gasteiger partial charge < -0.3 is 10.2 Å². The van der Waals surface area contributed by atoms with Gasteiger partial charge in [0.15, 0.2) is 0 Å². The van der Waals surface area contributed by atoms with E-state index in [9.17, 15) is 4.79 Å². The third kappa shape index (κ3) is 2.22. The average Bonchev–Trinajstić information content (AvgIpc) is 3.04. The van der Waals surface area contributed by atoms with Gasteiger partial charge in [0, 0.05) is 13.6 Å². The Labute approximate surface area is 104 Å². The first-order chi connectivity index (χ1) is 8.24. The molecule has 1 amide bonds. The van der Waals surface area contributed by atoms with E-state index in [1.807, 2.05) is 11.9 Å². The molecule has 0 aromatic heterocycles. The van der Waals surface area contributed by atoms with E-state index in [0.717, 1.165) is 43.7 Å². The summed E-state index contributed by atoms with van der Waals surface area (Å²) in [5.41, 5.74) is 0. The average molecular weight is 236 g/mol. The number of nitrogens with zero attached hydrogens (tertiary/aromatic N) is 1. The molecule has 3 nitrogen and oxygen atoms in total. The van der Waals surface area contributed by atoms with E-state index in [2.05, 4.69) is 5.32 Å². The minimum atomic E-state index is 0.110. The molecule has 2 bridgehead atoms. The van der Waals surface area contributed by atoms with Crippen LogP contribution in [0.15, 0.2) is 0 Å². The van der Waals surface area contributed by atoms with Gasteiger partial charge in [0.25, 0.3) is 0 Å². The quantitative estimate of drug-likeness (QED) is 0.808. The minimum absolute atomic E-state index is 0.110. The van der Waals surface area contributed by atoms with E-state index < -0.39 is 0 Å². The van der Waals surface area contributed by atoms with Gasteiger partial charge in [-0.3, -0.25) is 4.79 Å². The van der Waals surface area contributed by atoms with Crippen molar-refractivity contribution in [1.82, 2.24) is 10.2 Å². The number of rotatable bonds is 3.